The van der Waals surface area contributed by atoms with E-state index in [-0.39, 0.29) is 17.6 Å². The molecule has 3 aromatic rings. The molecule has 3 N–H and O–H groups in total. The van der Waals surface area contributed by atoms with Gasteiger partial charge in [0.15, 0.2) is 0 Å². The fourth-order valence-electron chi connectivity index (χ4n) is 2.73. The number of amides is 2. The van der Waals surface area contributed by atoms with E-state index in [0.717, 1.165) is 17.7 Å². The number of carbonyl (C=O) groups excluding carboxylic acids is 2. The van der Waals surface area contributed by atoms with Crippen molar-refractivity contribution in [2.45, 2.75) is 26.3 Å². The molecule has 2 amide bonds. The highest BCUT2D eigenvalue weighted by Gasteiger charge is 2.15. The second-order valence-electron chi connectivity index (χ2n) is 6.34. The Balaban J connectivity index is 1.61. The van der Waals surface area contributed by atoms with Gasteiger partial charge in [0.05, 0.1) is 17.5 Å². The van der Waals surface area contributed by atoms with Gasteiger partial charge in [-0.2, -0.15) is 5.10 Å². The minimum Gasteiger partial charge on any atom is -0.348 e. The van der Waals surface area contributed by atoms with Crippen molar-refractivity contribution >= 4 is 17.5 Å². The van der Waals surface area contributed by atoms with Crippen molar-refractivity contribution in [3.05, 3.63) is 71.7 Å². The Hall–Kier alpha value is -3.48. The lowest BCUT2D eigenvalue weighted by Gasteiger charge is -2.08. The zero-order valence-electron chi connectivity index (χ0n) is 15.5. The Morgan fingerprint density at radius 1 is 1.07 bits per heavy atom. The Kier molecular flexibility index (Phi) is 6.16. The van der Waals surface area contributed by atoms with Crippen LogP contribution in [-0.2, 0) is 11.3 Å². The zero-order chi connectivity index (χ0) is 19.9. The molecule has 0 spiro atoms. The van der Waals surface area contributed by atoms with Gasteiger partial charge in [-0.1, -0.05) is 19.1 Å². The first kappa shape index (κ1) is 19.3. The molecule has 3 rings (SSSR count). The molecule has 0 aliphatic rings. The standard InChI is InChI=1S/C21H21FN4O2/c1-2-3-19(27)25-17-10-4-14(5-11-17)12-23-21(28)18-13-24-26-20(18)15-6-8-16(22)9-7-15/h4-11,13H,2-3,12H2,1H3,(H,23,28)(H,24,26)(H,25,27). The highest BCUT2D eigenvalue weighted by Crippen LogP contribution is 2.21. The maximum absolute atomic E-state index is 13.1. The fourth-order valence-corrected chi connectivity index (χ4v) is 2.73. The van der Waals surface area contributed by atoms with Gasteiger partial charge in [-0.15, -0.1) is 0 Å². The number of H-pyrrole nitrogens is 1. The number of halogens is 1. The van der Waals surface area contributed by atoms with Crippen LogP contribution in [0.1, 0.15) is 35.7 Å². The van der Waals surface area contributed by atoms with Gasteiger partial charge in [0, 0.05) is 24.2 Å². The summed E-state index contributed by atoms with van der Waals surface area (Å²) in [6.07, 6.45) is 2.73. The number of nitrogens with one attached hydrogen (secondary N) is 3. The Morgan fingerprint density at radius 3 is 2.46 bits per heavy atom. The summed E-state index contributed by atoms with van der Waals surface area (Å²) >= 11 is 0. The van der Waals surface area contributed by atoms with Crippen LogP contribution < -0.4 is 10.6 Å². The molecule has 0 radical (unpaired) electrons. The molecule has 6 nitrogen and oxygen atoms in total. The van der Waals surface area contributed by atoms with Gasteiger partial charge >= 0.3 is 0 Å². The number of aromatic amines is 1. The molecule has 7 heteroatoms. The third-order valence-corrected chi connectivity index (χ3v) is 4.18. The van der Waals surface area contributed by atoms with Crippen LogP contribution in [-0.4, -0.2) is 22.0 Å². The van der Waals surface area contributed by atoms with E-state index in [1.807, 2.05) is 19.1 Å². The molecule has 0 atom stereocenters. The third kappa shape index (κ3) is 4.82. The summed E-state index contributed by atoms with van der Waals surface area (Å²) in [7, 11) is 0. The average molecular weight is 380 g/mol. The van der Waals surface area contributed by atoms with Crippen LogP contribution in [0.3, 0.4) is 0 Å². The van der Waals surface area contributed by atoms with Crippen molar-refractivity contribution < 1.29 is 14.0 Å². The molecule has 0 fully saturated rings. The van der Waals surface area contributed by atoms with Crippen molar-refractivity contribution in [3.8, 4) is 11.3 Å². The maximum Gasteiger partial charge on any atom is 0.255 e. The average Bonchev–Trinajstić information content (AvgIpc) is 3.18. The maximum atomic E-state index is 13.1. The SMILES string of the molecule is CCCC(=O)Nc1ccc(CNC(=O)c2cn[nH]c2-c2ccc(F)cc2)cc1. The predicted octanol–water partition coefficient (Wildman–Crippen LogP) is 3.88. The normalized spacial score (nSPS) is 10.5. The summed E-state index contributed by atoms with van der Waals surface area (Å²) in [5.41, 5.74) is 3.22. The molecular formula is C21H21FN4O2. The van der Waals surface area contributed by atoms with Crippen LogP contribution >= 0.6 is 0 Å². The van der Waals surface area contributed by atoms with Gasteiger partial charge in [0.25, 0.3) is 5.91 Å². The summed E-state index contributed by atoms with van der Waals surface area (Å²) in [5.74, 6) is -0.645. The van der Waals surface area contributed by atoms with E-state index in [1.54, 1.807) is 24.3 Å². The summed E-state index contributed by atoms with van der Waals surface area (Å²) < 4.78 is 13.1. The van der Waals surface area contributed by atoms with Gasteiger partial charge in [0.1, 0.15) is 5.82 Å². The molecule has 0 saturated carbocycles. The van der Waals surface area contributed by atoms with Crippen molar-refractivity contribution in [1.29, 1.82) is 0 Å². The lowest BCUT2D eigenvalue weighted by atomic mass is 10.1. The van der Waals surface area contributed by atoms with Crippen LogP contribution in [0, 0.1) is 5.82 Å². The summed E-state index contributed by atoms with van der Waals surface area (Å²) in [6.45, 7) is 2.28. The number of hydrogen-bond donors (Lipinski definition) is 3. The first-order valence-electron chi connectivity index (χ1n) is 9.03. The van der Waals surface area contributed by atoms with Gasteiger partial charge in [-0.3, -0.25) is 14.7 Å². The molecule has 0 aliphatic carbocycles. The van der Waals surface area contributed by atoms with E-state index < -0.39 is 0 Å². The minimum atomic E-state index is -0.344. The zero-order valence-corrected chi connectivity index (χ0v) is 15.5. The smallest absolute Gasteiger partial charge is 0.255 e. The monoisotopic (exact) mass is 380 g/mol. The second-order valence-corrected chi connectivity index (χ2v) is 6.34. The van der Waals surface area contributed by atoms with Crippen LogP contribution in [0.5, 0.6) is 0 Å². The van der Waals surface area contributed by atoms with E-state index in [0.29, 0.717) is 29.8 Å². The molecule has 0 saturated heterocycles. The van der Waals surface area contributed by atoms with Crippen LogP contribution in [0.15, 0.2) is 54.7 Å². The highest BCUT2D eigenvalue weighted by molar-refractivity contribution is 5.99. The topological polar surface area (TPSA) is 86.9 Å². The summed E-state index contributed by atoms with van der Waals surface area (Å²) in [4.78, 5) is 24.1. The molecule has 144 valence electrons. The quantitative estimate of drug-likeness (QED) is 0.581. The number of aromatic nitrogens is 2. The van der Waals surface area contributed by atoms with Crippen LogP contribution in [0.4, 0.5) is 10.1 Å². The molecule has 28 heavy (non-hydrogen) atoms. The van der Waals surface area contributed by atoms with Crippen molar-refractivity contribution in [2.75, 3.05) is 5.32 Å². The minimum absolute atomic E-state index is 0.0168. The van der Waals surface area contributed by atoms with Crippen molar-refractivity contribution in [3.63, 3.8) is 0 Å². The number of benzene rings is 2. The van der Waals surface area contributed by atoms with Crippen LogP contribution in [0.25, 0.3) is 11.3 Å². The van der Waals surface area contributed by atoms with Gasteiger partial charge in [0.2, 0.25) is 5.91 Å². The molecule has 0 unspecified atom stereocenters. The Bertz CT molecular complexity index is 949. The molecule has 1 heterocycles. The highest BCUT2D eigenvalue weighted by atomic mass is 19.1. The first-order chi connectivity index (χ1) is 13.6. The molecule has 0 aliphatic heterocycles. The van der Waals surface area contributed by atoms with E-state index in [9.17, 15) is 14.0 Å². The lowest BCUT2D eigenvalue weighted by Crippen LogP contribution is -2.23. The molecule has 2 aromatic carbocycles. The van der Waals surface area contributed by atoms with Gasteiger partial charge in [-0.05, 0) is 48.4 Å². The molecule has 0 bridgehead atoms. The number of nitrogens with zero attached hydrogens (tertiary/aromatic N) is 1. The van der Waals surface area contributed by atoms with E-state index in [2.05, 4.69) is 20.8 Å². The van der Waals surface area contributed by atoms with Gasteiger partial charge < -0.3 is 10.6 Å². The fraction of sp³-hybridized carbons (Fsp3) is 0.190. The number of anilines is 1. The molecule has 1 aromatic heterocycles. The summed E-state index contributed by atoms with van der Waals surface area (Å²) in [5, 5.41) is 12.4. The van der Waals surface area contributed by atoms with E-state index >= 15 is 0 Å². The lowest BCUT2D eigenvalue weighted by molar-refractivity contribution is -0.116. The predicted molar refractivity (Wildman–Crippen MR) is 105 cm³/mol. The largest absolute Gasteiger partial charge is 0.348 e. The van der Waals surface area contributed by atoms with Crippen molar-refractivity contribution in [2.24, 2.45) is 0 Å². The van der Waals surface area contributed by atoms with Gasteiger partial charge in [-0.25, -0.2) is 4.39 Å². The first-order valence-corrected chi connectivity index (χ1v) is 9.03. The number of rotatable bonds is 7. The number of carbonyl (C=O) groups is 2. The Morgan fingerprint density at radius 2 is 1.79 bits per heavy atom. The van der Waals surface area contributed by atoms with E-state index in [4.69, 9.17) is 0 Å². The number of hydrogen-bond acceptors (Lipinski definition) is 3. The molecular weight excluding hydrogens is 359 g/mol. The van der Waals surface area contributed by atoms with E-state index in [1.165, 1.54) is 18.3 Å². The van der Waals surface area contributed by atoms with Crippen molar-refractivity contribution in [1.82, 2.24) is 15.5 Å². The Labute approximate surface area is 162 Å². The summed E-state index contributed by atoms with van der Waals surface area (Å²) in [6, 6.07) is 13.1. The third-order valence-electron chi connectivity index (χ3n) is 4.18. The van der Waals surface area contributed by atoms with Crippen LogP contribution in [0.2, 0.25) is 0 Å². The second kappa shape index (κ2) is 8.94.